The van der Waals surface area contributed by atoms with E-state index < -0.39 is 0 Å². The summed E-state index contributed by atoms with van der Waals surface area (Å²) in [7, 11) is 0. The van der Waals surface area contributed by atoms with Crippen LogP contribution in [0.3, 0.4) is 0 Å². The minimum Gasteiger partial charge on any atom is -0.265 e. The van der Waals surface area contributed by atoms with Crippen molar-refractivity contribution in [2.24, 2.45) is 0 Å². The van der Waals surface area contributed by atoms with Crippen LogP contribution in [0, 0.1) is 0 Å². The summed E-state index contributed by atoms with van der Waals surface area (Å²) in [6, 6.07) is 5.80. The van der Waals surface area contributed by atoms with Gasteiger partial charge in [0.25, 0.3) is 0 Å². The van der Waals surface area contributed by atoms with Gasteiger partial charge in [0.1, 0.15) is 0 Å². The Morgan fingerprint density at radius 3 is 2.71 bits per heavy atom. The summed E-state index contributed by atoms with van der Waals surface area (Å²) in [5.74, 6) is 0. The van der Waals surface area contributed by atoms with Gasteiger partial charge in [-0.25, -0.2) is 4.98 Å². The van der Waals surface area contributed by atoms with E-state index in [9.17, 15) is 0 Å². The second-order valence-electron chi connectivity index (χ2n) is 3.08. The first-order valence-electron chi connectivity index (χ1n) is 4.38. The Morgan fingerprint density at radius 2 is 1.71 bits per heavy atom. The Labute approximate surface area is 80.8 Å². The number of aromatic nitrogens is 3. The van der Waals surface area contributed by atoms with Crippen LogP contribution in [0.5, 0.6) is 0 Å². The third kappa shape index (κ3) is 0.956. The highest BCUT2D eigenvalue weighted by atomic mass is 14.7. The summed E-state index contributed by atoms with van der Waals surface area (Å²) >= 11 is 0. The molecule has 14 heavy (non-hydrogen) atoms. The number of hydrogen-bond donors (Lipinski definition) is 0. The second-order valence-corrected chi connectivity index (χ2v) is 3.08. The van der Waals surface area contributed by atoms with E-state index >= 15 is 0 Å². The third-order valence-electron chi connectivity index (χ3n) is 2.25. The van der Waals surface area contributed by atoms with Crippen LogP contribution in [-0.4, -0.2) is 15.0 Å². The molecule has 0 aliphatic carbocycles. The summed E-state index contributed by atoms with van der Waals surface area (Å²) in [5.41, 5.74) is 3.05. The van der Waals surface area contributed by atoms with Gasteiger partial charge < -0.3 is 0 Å². The van der Waals surface area contributed by atoms with E-state index in [0.29, 0.717) is 0 Å². The molecule has 0 saturated carbocycles. The van der Waals surface area contributed by atoms with Crippen molar-refractivity contribution in [2.75, 3.05) is 0 Å². The molecule has 3 nitrogen and oxygen atoms in total. The molecule has 0 fully saturated rings. The zero-order valence-electron chi connectivity index (χ0n) is 7.38. The molecule has 0 saturated heterocycles. The van der Waals surface area contributed by atoms with Crippen molar-refractivity contribution >= 4 is 10.9 Å². The largest absolute Gasteiger partial charge is 0.265 e. The maximum Gasteiger partial charge on any atom is 0.0747 e. The molecule has 0 spiro atoms. The molecule has 0 atom stereocenters. The van der Waals surface area contributed by atoms with E-state index in [1.165, 1.54) is 0 Å². The summed E-state index contributed by atoms with van der Waals surface area (Å²) in [4.78, 5) is 12.6. The standard InChI is InChI=1S/C11H7N3/c1-4-12-5-2-10-8(1)9-7-13-6-3-11(9)14-10/h1-7H. The first kappa shape index (κ1) is 7.38. The van der Waals surface area contributed by atoms with Crippen molar-refractivity contribution in [3.8, 4) is 11.3 Å². The Balaban J connectivity index is 2.52. The highest BCUT2D eigenvalue weighted by molar-refractivity contribution is 5.96. The topological polar surface area (TPSA) is 38.7 Å². The average Bonchev–Trinajstić information content (AvgIpc) is 2.42. The van der Waals surface area contributed by atoms with Crippen LogP contribution in [0.15, 0.2) is 43.0 Å². The lowest BCUT2D eigenvalue weighted by Crippen LogP contribution is -1.69. The molecule has 1 aromatic rings. The third-order valence-corrected chi connectivity index (χ3v) is 2.25. The molecule has 0 bridgehead atoms. The maximum atomic E-state index is 4.48. The average molecular weight is 181 g/mol. The maximum absolute atomic E-state index is 4.48. The zero-order chi connectivity index (χ0) is 9.38. The monoisotopic (exact) mass is 181 g/mol. The molecular formula is C11H7N3. The van der Waals surface area contributed by atoms with Crippen LogP contribution in [0.25, 0.3) is 22.2 Å². The van der Waals surface area contributed by atoms with Crippen molar-refractivity contribution in [3.63, 3.8) is 0 Å². The summed E-state index contributed by atoms with van der Waals surface area (Å²) < 4.78 is 0. The molecule has 66 valence electrons. The van der Waals surface area contributed by atoms with Gasteiger partial charge in [0, 0.05) is 35.7 Å². The van der Waals surface area contributed by atoms with Gasteiger partial charge in [-0.2, -0.15) is 0 Å². The van der Waals surface area contributed by atoms with Crippen molar-refractivity contribution in [2.45, 2.75) is 0 Å². The highest BCUT2D eigenvalue weighted by Gasteiger charge is 2.08. The van der Waals surface area contributed by atoms with Gasteiger partial charge in [0.2, 0.25) is 0 Å². The fourth-order valence-electron chi connectivity index (χ4n) is 1.60. The Morgan fingerprint density at radius 1 is 0.857 bits per heavy atom. The summed E-state index contributed by atoms with van der Waals surface area (Å²) in [5, 5.41) is 1.08. The van der Waals surface area contributed by atoms with Gasteiger partial charge in [-0.05, 0) is 18.2 Å². The number of rotatable bonds is 0. The SMILES string of the molecule is c1cc2nc3ccncc3c-2ccn1. The Hall–Kier alpha value is -2.03. The molecule has 0 aromatic carbocycles. The molecule has 1 aromatic heterocycles. The van der Waals surface area contributed by atoms with Gasteiger partial charge in [-0.1, -0.05) is 0 Å². The lowest BCUT2D eigenvalue weighted by Gasteiger charge is -1.88. The summed E-state index contributed by atoms with van der Waals surface area (Å²) in [6.07, 6.45) is 7.12. The predicted octanol–water partition coefficient (Wildman–Crippen LogP) is 2.13. The normalized spacial score (nSPS) is 10.9. The minimum absolute atomic E-state index is 0.963. The number of hydrogen-bond acceptors (Lipinski definition) is 3. The van der Waals surface area contributed by atoms with Crippen molar-refractivity contribution in [1.29, 1.82) is 0 Å². The van der Waals surface area contributed by atoms with Crippen LogP contribution in [-0.2, 0) is 0 Å². The summed E-state index contributed by atoms with van der Waals surface area (Å²) in [6.45, 7) is 0. The molecule has 3 rings (SSSR count). The Kier molecular flexibility index (Phi) is 1.44. The second kappa shape index (κ2) is 2.73. The lowest BCUT2D eigenvalue weighted by molar-refractivity contribution is 1.35. The van der Waals surface area contributed by atoms with Crippen LogP contribution in [0.1, 0.15) is 0 Å². The fourth-order valence-corrected chi connectivity index (χ4v) is 1.60. The number of nitrogens with zero attached hydrogens (tertiary/aromatic N) is 3. The number of pyridine rings is 1. The molecular weight excluding hydrogens is 174 g/mol. The van der Waals surface area contributed by atoms with Crippen LogP contribution < -0.4 is 0 Å². The first-order chi connectivity index (χ1) is 6.95. The van der Waals surface area contributed by atoms with Crippen molar-refractivity contribution in [3.05, 3.63) is 43.0 Å². The van der Waals surface area contributed by atoms with E-state index in [-0.39, 0.29) is 0 Å². The molecule has 3 heteroatoms. The molecule has 0 amide bonds. The number of fused-ring (bicyclic) bond motifs is 3. The van der Waals surface area contributed by atoms with E-state index in [0.717, 1.165) is 22.2 Å². The fraction of sp³-hybridized carbons (Fsp3) is 0. The predicted molar refractivity (Wildman–Crippen MR) is 54.0 cm³/mol. The highest BCUT2D eigenvalue weighted by Crippen LogP contribution is 2.28. The van der Waals surface area contributed by atoms with E-state index in [1.54, 1.807) is 18.6 Å². The van der Waals surface area contributed by atoms with Gasteiger partial charge in [-0.3, -0.25) is 9.97 Å². The molecule has 2 aliphatic heterocycles. The van der Waals surface area contributed by atoms with Gasteiger partial charge in [0.05, 0.1) is 11.2 Å². The van der Waals surface area contributed by atoms with E-state index in [4.69, 9.17) is 0 Å². The van der Waals surface area contributed by atoms with Crippen LogP contribution >= 0.6 is 0 Å². The Bertz CT molecular complexity index is 562. The molecule has 0 unspecified atom stereocenters. The molecule has 3 heterocycles. The van der Waals surface area contributed by atoms with Crippen LogP contribution in [0.4, 0.5) is 0 Å². The van der Waals surface area contributed by atoms with Gasteiger partial charge in [-0.15, -0.1) is 0 Å². The zero-order valence-corrected chi connectivity index (χ0v) is 7.38. The van der Waals surface area contributed by atoms with Crippen molar-refractivity contribution in [1.82, 2.24) is 15.0 Å². The molecule has 2 aliphatic rings. The van der Waals surface area contributed by atoms with Crippen molar-refractivity contribution < 1.29 is 0 Å². The van der Waals surface area contributed by atoms with E-state index in [2.05, 4.69) is 15.0 Å². The molecule has 0 N–H and O–H groups in total. The smallest absolute Gasteiger partial charge is 0.0747 e. The van der Waals surface area contributed by atoms with E-state index in [1.807, 2.05) is 24.4 Å². The first-order valence-corrected chi connectivity index (χ1v) is 4.38. The lowest BCUT2D eigenvalue weighted by atomic mass is 10.2. The van der Waals surface area contributed by atoms with Gasteiger partial charge in [0.15, 0.2) is 0 Å². The van der Waals surface area contributed by atoms with Crippen LogP contribution in [0.2, 0.25) is 0 Å². The van der Waals surface area contributed by atoms with Gasteiger partial charge >= 0.3 is 0 Å². The minimum atomic E-state index is 0.963. The molecule has 0 radical (unpaired) electrons. The quantitative estimate of drug-likeness (QED) is 0.533.